The molecular weight excluding hydrogens is 278 g/mol. The van der Waals surface area contributed by atoms with E-state index < -0.39 is 0 Å². The lowest BCUT2D eigenvalue weighted by Gasteiger charge is -2.33. The molecular formula is C14H18ClN3O2. The standard InChI is InChI=1S/C14H18ClN3O2/c1-17(12-6-2-3-7-16-12)14(20)11-5-4-8-18(10-11)13(19)9-15/h2-3,6-7,11H,4-5,8-10H2,1H3. The van der Waals surface area contributed by atoms with Crippen LogP contribution in [0.5, 0.6) is 0 Å². The number of alkyl halides is 1. The number of pyridine rings is 1. The second-order valence-electron chi connectivity index (χ2n) is 4.90. The van der Waals surface area contributed by atoms with E-state index in [1.165, 1.54) is 0 Å². The van der Waals surface area contributed by atoms with E-state index in [1.807, 2.05) is 12.1 Å². The number of aromatic nitrogens is 1. The summed E-state index contributed by atoms with van der Waals surface area (Å²) in [6.07, 6.45) is 3.28. The van der Waals surface area contributed by atoms with Crippen molar-refractivity contribution in [2.75, 3.05) is 30.9 Å². The van der Waals surface area contributed by atoms with Crippen LogP contribution in [0.4, 0.5) is 5.82 Å². The minimum atomic E-state index is -0.178. The Balaban J connectivity index is 2.03. The Morgan fingerprint density at radius 1 is 1.50 bits per heavy atom. The molecule has 0 spiro atoms. The van der Waals surface area contributed by atoms with Crippen molar-refractivity contribution in [2.45, 2.75) is 12.8 Å². The maximum atomic E-state index is 12.5. The van der Waals surface area contributed by atoms with E-state index in [0.29, 0.717) is 18.9 Å². The summed E-state index contributed by atoms with van der Waals surface area (Å²) in [5, 5.41) is 0. The molecule has 2 rings (SSSR count). The molecule has 1 aromatic rings. The molecule has 1 aliphatic rings. The first-order chi connectivity index (χ1) is 9.63. The third-order valence-corrected chi connectivity index (χ3v) is 3.79. The molecule has 1 aliphatic heterocycles. The van der Waals surface area contributed by atoms with Crippen LogP contribution in [0.15, 0.2) is 24.4 Å². The molecule has 1 fully saturated rings. The van der Waals surface area contributed by atoms with Crippen LogP contribution in [0.3, 0.4) is 0 Å². The van der Waals surface area contributed by atoms with Crippen molar-refractivity contribution < 1.29 is 9.59 Å². The largest absolute Gasteiger partial charge is 0.341 e. The number of carbonyl (C=O) groups is 2. The molecule has 2 heterocycles. The zero-order valence-corrected chi connectivity index (χ0v) is 12.2. The molecule has 108 valence electrons. The normalized spacial score (nSPS) is 18.7. The summed E-state index contributed by atoms with van der Waals surface area (Å²) in [7, 11) is 1.72. The lowest BCUT2D eigenvalue weighted by atomic mass is 9.96. The Labute approximate surface area is 123 Å². The van der Waals surface area contributed by atoms with Gasteiger partial charge in [0.1, 0.15) is 11.7 Å². The number of piperidine rings is 1. The average Bonchev–Trinajstić information content (AvgIpc) is 2.53. The predicted molar refractivity (Wildman–Crippen MR) is 77.7 cm³/mol. The van der Waals surface area contributed by atoms with E-state index in [4.69, 9.17) is 11.6 Å². The molecule has 5 nitrogen and oxygen atoms in total. The Bertz CT molecular complexity index is 481. The number of rotatable bonds is 3. The number of carbonyl (C=O) groups excluding carboxylic acids is 2. The van der Waals surface area contributed by atoms with Crippen molar-refractivity contribution in [2.24, 2.45) is 5.92 Å². The van der Waals surface area contributed by atoms with E-state index in [-0.39, 0.29) is 23.6 Å². The highest BCUT2D eigenvalue weighted by atomic mass is 35.5. The highest BCUT2D eigenvalue weighted by Gasteiger charge is 2.30. The van der Waals surface area contributed by atoms with Gasteiger partial charge in [-0.2, -0.15) is 0 Å². The van der Waals surface area contributed by atoms with E-state index in [0.717, 1.165) is 12.8 Å². The summed E-state index contributed by atoms with van der Waals surface area (Å²) in [5.74, 6) is 0.304. The van der Waals surface area contributed by atoms with Gasteiger partial charge in [0.15, 0.2) is 0 Å². The molecule has 0 N–H and O–H groups in total. The van der Waals surface area contributed by atoms with Gasteiger partial charge in [-0.05, 0) is 25.0 Å². The number of likely N-dealkylation sites (tertiary alicyclic amines) is 1. The summed E-state index contributed by atoms with van der Waals surface area (Å²) >= 11 is 5.57. The van der Waals surface area contributed by atoms with E-state index in [2.05, 4.69) is 4.98 Å². The molecule has 0 aromatic carbocycles. The van der Waals surface area contributed by atoms with Gasteiger partial charge in [0.2, 0.25) is 11.8 Å². The smallest absolute Gasteiger partial charge is 0.237 e. The first-order valence-corrected chi connectivity index (χ1v) is 7.19. The van der Waals surface area contributed by atoms with Crippen molar-refractivity contribution in [3.05, 3.63) is 24.4 Å². The van der Waals surface area contributed by atoms with Crippen LogP contribution < -0.4 is 4.90 Å². The van der Waals surface area contributed by atoms with Crippen LogP contribution in [-0.2, 0) is 9.59 Å². The molecule has 1 aromatic heterocycles. The molecule has 2 amide bonds. The van der Waals surface area contributed by atoms with Crippen LogP contribution >= 0.6 is 11.6 Å². The molecule has 20 heavy (non-hydrogen) atoms. The van der Waals surface area contributed by atoms with Crippen molar-refractivity contribution in [3.63, 3.8) is 0 Å². The van der Waals surface area contributed by atoms with E-state index in [1.54, 1.807) is 29.1 Å². The zero-order valence-electron chi connectivity index (χ0n) is 11.5. The van der Waals surface area contributed by atoms with Gasteiger partial charge in [0, 0.05) is 26.3 Å². The van der Waals surface area contributed by atoms with Gasteiger partial charge in [0.25, 0.3) is 0 Å². The molecule has 6 heteroatoms. The maximum Gasteiger partial charge on any atom is 0.237 e. The van der Waals surface area contributed by atoms with Gasteiger partial charge < -0.3 is 4.90 Å². The fourth-order valence-electron chi connectivity index (χ4n) is 2.43. The monoisotopic (exact) mass is 295 g/mol. The van der Waals surface area contributed by atoms with Gasteiger partial charge in [-0.3, -0.25) is 14.5 Å². The fraction of sp³-hybridized carbons (Fsp3) is 0.500. The lowest BCUT2D eigenvalue weighted by Crippen LogP contribution is -2.46. The van der Waals surface area contributed by atoms with Gasteiger partial charge in [-0.1, -0.05) is 6.07 Å². The van der Waals surface area contributed by atoms with Crippen LogP contribution in [0.2, 0.25) is 0 Å². The average molecular weight is 296 g/mol. The topological polar surface area (TPSA) is 53.5 Å². The predicted octanol–water partition coefficient (Wildman–Crippen LogP) is 1.52. The van der Waals surface area contributed by atoms with Crippen molar-refractivity contribution in [3.8, 4) is 0 Å². The number of hydrogen-bond acceptors (Lipinski definition) is 3. The fourth-order valence-corrected chi connectivity index (χ4v) is 2.60. The highest BCUT2D eigenvalue weighted by Crippen LogP contribution is 2.21. The number of hydrogen-bond donors (Lipinski definition) is 0. The quantitative estimate of drug-likeness (QED) is 0.795. The Kier molecular flexibility index (Phi) is 4.95. The SMILES string of the molecule is CN(C(=O)C1CCCN(C(=O)CCl)C1)c1ccccn1. The van der Waals surface area contributed by atoms with Crippen molar-refractivity contribution >= 4 is 29.2 Å². The van der Waals surface area contributed by atoms with Crippen molar-refractivity contribution in [1.82, 2.24) is 9.88 Å². The lowest BCUT2D eigenvalue weighted by molar-refractivity contribution is -0.132. The molecule has 0 aliphatic carbocycles. The van der Waals surface area contributed by atoms with Gasteiger partial charge in [-0.15, -0.1) is 11.6 Å². The second-order valence-corrected chi connectivity index (χ2v) is 5.16. The first-order valence-electron chi connectivity index (χ1n) is 6.66. The summed E-state index contributed by atoms with van der Waals surface area (Å²) < 4.78 is 0. The van der Waals surface area contributed by atoms with Gasteiger partial charge in [-0.25, -0.2) is 4.98 Å². The summed E-state index contributed by atoms with van der Waals surface area (Å²) in [5.41, 5.74) is 0. The van der Waals surface area contributed by atoms with Crippen LogP contribution in [-0.4, -0.2) is 47.7 Å². The van der Waals surface area contributed by atoms with Crippen LogP contribution in [0, 0.1) is 5.92 Å². The number of amides is 2. The van der Waals surface area contributed by atoms with E-state index in [9.17, 15) is 9.59 Å². The summed E-state index contributed by atoms with van der Waals surface area (Å²) in [4.78, 5) is 31.5. The Hall–Kier alpha value is -1.62. The minimum absolute atomic E-state index is 0.00391. The number of halogens is 1. The third-order valence-electron chi connectivity index (χ3n) is 3.56. The molecule has 0 radical (unpaired) electrons. The number of nitrogens with zero attached hydrogens (tertiary/aromatic N) is 3. The minimum Gasteiger partial charge on any atom is -0.341 e. The Morgan fingerprint density at radius 3 is 2.95 bits per heavy atom. The molecule has 1 unspecified atom stereocenters. The summed E-state index contributed by atoms with van der Waals surface area (Å²) in [6.45, 7) is 1.13. The molecule has 0 saturated carbocycles. The second kappa shape index (κ2) is 6.70. The summed E-state index contributed by atoms with van der Waals surface area (Å²) in [6, 6.07) is 5.45. The van der Waals surface area contributed by atoms with Crippen LogP contribution in [0.25, 0.3) is 0 Å². The highest BCUT2D eigenvalue weighted by molar-refractivity contribution is 6.27. The molecule has 1 saturated heterocycles. The van der Waals surface area contributed by atoms with Gasteiger partial charge in [0.05, 0.1) is 5.92 Å². The first kappa shape index (κ1) is 14.8. The maximum absolute atomic E-state index is 12.5. The van der Waals surface area contributed by atoms with Crippen molar-refractivity contribution in [1.29, 1.82) is 0 Å². The molecule has 0 bridgehead atoms. The number of anilines is 1. The van der Waals surface area contributed by atoms with Gasteiger partial charge >= 0.3 is 0 Å². The zero-order chi connectivity index (χ0) is 14.5. The van der Waals surface area contributed by atoms with Crippen LogP contribution in [0.1, 0.15) is 12.8 Å². The third kappa shape index (κ3) is 3.28. The Morgan fingerprint density at radius 2 is 2.30 bits per heavy atom. The molecule has 1 atom stereocenters. The van der Waals surface area contributed by atoms with E-state index >= 15 is 0 Å².